The average Bonchev–Trinajstić information content (AvgIpc) is 2.96. The van der Waals surface area contributed by atoms with E-state index in [0.29, 0.717) is 16.4 Å². The Bertz CT molecular complexity index is 1800. The number of ether oxygens (including phenoxy) is 3. The number of halogens is 3. The summed E-state index contributed by atoms with van der Waals surface area (Å²) >= 11 is 6.03. The predicted molar refractivity (Wildman–Crippen MR) is 166 cm³/mol. The number of hydrogen-bond acceptors (Lipinski definition) is 11. The van der Waals surface area contributed by atoms with Crippen molar-refractivity contribution < 1.29 is 31.4 Å². The molecule has 0 atom stereocenters. The summed E-state index contributed by atoms with van der Waals surface area (Å²) in [5.41, 5.74) is 0.893. The molecule has 16 heteroatoms. The molecule has 0 radical (unpaired) electrons. The first-order valence-electron chi connectivity index (χ1n) is 13.2. The Morgan fingerprint density at radius 1 is 0.867 bits per heavy atom. The van der Waals surface area contributed by atoms with Gasteiger partial charge < -0.3 is 24.8 Å². The van der Waals surface area contributed by atoms with Crippen molar-refractivity contribution in [3.63, 3.8) is 0 Å². The van der Waals surface area contributed by atoms with Gasteiger partial charge in [0.25, 0.3) is 11.8 Å². The highest BCUT2D eigenvalue weighted by Gasteiger charge is 2.18. The number of nitrogens with zero attached hydrogens (tertiary/aromatic N) is 5. The lowest BCUT2D eigenvalue weighted by molar-refractivity contribution is 0.219. The van der Waals surface area contributed by atoms with E-state index < -0.39 is 21.5 Å². The van der Waals surface area contributed by atoms with Crippen LogP contribution in [0.5, 0.6) is 17.5 Å². The molecule has 0 saturated heterocycles. The number of hydrogen-bond donors (Lipinski definition) is 2. The van der Waals surface area contributed by atoms with E-state index >= 15 is 0 Å². The van der Waals surface area contributed by atoms with Crippen LogP contribution in [0.3, 0.4) is 0 Å². The van der Waals surface area contributed by atoms with E-state index in [9.17, 15) is 17.2 Å². The number of methoxy groups -OCH3 is 1. The minimum atomic E-state index is -3.49. The van der Waals surface area contributed by atoms with Gasteiger partial charge in [0.1, 0.15) is 18.5 Å². The van der Waals surface area contributed by atoms with Crippen LogP contribution in [-0.2, 0) is 9.84 Å². The normalized spacial score (nSPS) is 10.9. The Kier molecular flexibility index (Phi) is 11.8. The second kappa shape index (κ2) is 15.3. The van der Waals surface area contributed by atoms with E-state index in [-0.39, 0.29) is 51.9 Å². The summed E-state index contributed by atoms with van der Waals surface area (Å²) in [5, 5.41) is 5.82. The summed E-state index contributed by atoms with van der Waals surface area (Å²) in [6.07, 6.45) is 3.13. The molecule has 0 saturated carbocycles. The Balaban J connectivity index is 0.000000248. The molecule has 0 amide bonds. The van der Waals surface area contributed by atoms with Crippen LogP contribution in [0.15, 0.2) is 53.9 Å². The van der Waals surface area contributed by atoms with Crippen molar-refractivity contribution in [1.82, 2.24) is 19.9 Å². The van der Waals surface area contributed by atoms with Gasteiger partial charge in [0.05, 0.1) is 47.2 Å². The summed E-state index contributed by atoms with van der Waals surface area (Å²) in [4.78, 5) is 18.7. The van der Waals surface area contributed by atoms with Gasteiger partial charge in [-0.25, -0.2) is 27.6 Å². The van der Waals surface area contributed by atoms with E-state index in [4.69, 9.17) is 32.4 Å². The van der Waals surface area contributed by atoms with Crippen LogP contribution in [0.2, 0.25) is 5.02 Å². The standard InChI is InChI=1S/C15H18FN3O4S.C14H12ClFN4O/c1-9(2)23-15-13(22-3)14(17-8-18-15)19-12-6-5-10(7-11(12)16)24(4,20)21;1-8(2)21-14-12(16)13(18-7-19-14)20-11-5-4-9(17-3)6-10(11)15/h5-9H,1-4H3,(H,17,18,19);4-8H,1-2H3,(H,18,19,20). The van der Waals surface area contributed by atoms with Crippen molar-refractivity contribution >= 4 is 50.1 Å². The maximum Gasteiger partial charge on any atom is 0.262 e. The van der Waals surface area contributed by atoms with E-state index in [1.807, 2.05) is 13.8 Å². The molecule has 238 valence electrons. The molecule has 0 bridgehead atoms. The van der Waals surface area contributed by atoms with Crippen LogP contribution < -0.4 is 24.8 Å². The van der Waals surface area contributed by atoms with Gasteiger partial charge in [-0.3, -0.25) is 0 Å². The fraction of sp³-hybridized carbons (Fsp3) is 0.276. The number of benzene rings is 2. The molecule has 4 aromatic rings. The molecular weight excluding hydrogens is 632 g/mol. The Labute approximate surface area is 264 Å². The Morgan fingerprint density at radius 2 is 1.44 bits per heavy atom. The third-order valence-corrected chi connectivity index (χ3v) is 6.81. The maximum absolute atomic E-state index is 14.2. The third kappa shape index (κ3) is 9.59. The highest BCUT2D eigenvalue weighted by Crippen LogP contribution is 2.34. The topological polar surface area (TPSA) is 142 Å². The van der Waals surface area contributed by atoms with Crippen LogP contribution in [0.25, 0.3) is 4.85 Å². The third-order valence-electron chi connectivity index (χ3n) is 5.38. The molecule has 0 unspecified atom stereocenters. The molecule has 2 heterocycles. The van der Waals surface area contributed by atoms with E-state index in [1.165, 1.54) is 38.0 Å². The SMILES string of the molecule is COc1c(Nc2ccc(S(C)(=O)=O)cc2F)ncnc1OC(C)C.[C-]#[N+]c1ccc(Nc2ncnc(OC(C)C)c2F)c(Cl)c1. The molecule has 4 rings (SSSR count). The monoisotopic (exact) mass is 661 g/mol. The van der Waals surface area contributed by atoms with Gasteiger partial charge in [-0.05, 0) is 58.0 Å². The van der Waals surface area contributed by atoms with Crippen LogP contribution in [0.1, 0.15) is 27.7 Å². The minimum absolute atomic E-state index is 0.0434. The summed E-state index contributed by atoms with van der Waals surface area (Å²) in [6.45, 7) is 14.1. The molecule has 2 N–H and O–H groups in total. The molecular formula is C29H30ClF2N7O5S. The first-order valence-corrected chi connectivity index (χ1v) is 15.4. The van der Waals surface area contributed by atoms with Crippen molar-refractivity contribution in [1.29, 1.82) is 0 Å². The van der Waals surface area contributed by atoms with Gasteiger partial charge in [0.2, 0.25) is 11.6 Å². The quantitative estimate of drug-likeness (QED) is 0.171. The van der Waals surface area contributed by atoms with Crippen molar-refractivity contribution in [2.75, 3.05) is 24.0 Å². The van der Waals surface area contributed by atoms with Gasteiger partial charge in [-0.1, -0.05) is 17.7 Å². The van der Waals surface area contributed by atoms with Crippen molar-refractivity contribution in [3.8, 4) is 17.5 Å². The number of rotatable bonds is 10. The zero-order valence-corrected chi connectivity index (χ0v) is 26.7. The van der Waals surface area contributed by atoms with Gasteiger partial charge in [0.15, 0.2) is 27.2 Å². The summed E-state index contributed by atoms with van der Waals surface area (Å²) in [7, 11) is -2.07. The van der Waals surface area contributed by atoms with Gasteiger partial charge in [0, 0.05) is 6.26 Å². The molecule has 0 aliphatic heterocycles. The first-order chi connectivity index (χ1) is 21.2. The number of aromatic nitrogens is 4. The van der Waals surface area contributed by atoms with Crippen LogP contribution in [0, 0.1) is 18.2 Å². The summed E-state index contributed by atoms with van der Waals surface area (Å²) in [6, 6.07) is 8.21. The van der Waals surface area contributed by atoms with Gasteiger partial charge >= 0.3 is 0 Å². The summed E-state index contributed by atoms with van der Waals surface area (Å²) in [5.74, 6) is -0.957. The fourth-order valence-corrected chi connectivity index (χ4v) is 4.30. The number of anilines is 4. The first kappa shape index (κ1) is 34.7. The van der Waals surface area contributed by atoms with E-state index in [1.54, 1.807) is 26.0 Å². The zero-order chi connectivity index (χ0) is 33.3. The highest BCUT2D eigenvalue weighted by molar-refractivity contribution is 7.90. The van der Waals surface area contributed by atoms with Crippen molar-refractivity contribution in [3.05, 3.63) is 77.1 Å². The molecule has 0 fully saturated rings. The minimum Gasteiger partial charge on any atom is -0.489 e. The van der Waals surface area contributed by atoms with E-state index in [2.05, 4.69) is 35.4 Å². The smallest absolute Gasteiger partial charge is 0.262 e. The molecule has 0 aliphatic carbocycles. The zero-order valence-electron chi connectivity index (χ0n) is 25.1. The molecule has 45 heavy (non-hydrogen) atoms. The molecule has 12 nitrogen and oxygen atoms in total. The number of sulfone groups is 1. The van der Waals surface area contributed by atoms with Crippen LogP contribution in [0.4, 0.5) is 37.5 Å². The van der Waals surface area contributed by atoms with Gasteiger partial charge in [-0.15, -0.1) is 0 Å². The van der Waals surface area contributed by atoms with Crippen LogP contribution >= 0.6 is 11.6 Å². The molecule has 2 aromatic carbocycles. The lowest BCUT2D eigenvalue weighted by Crippen LogP contribution is -2.10. The second-order valence-corrected chi connectivity index (χ2v) is 12.1. The summed E-state index contributed by atoms with van der Waals surface area (Å²) < 4.78 is 67.3. The lowest BCUT2D eigenvalue weighted by Gasteiger charge is -2.15. The number of nitrogens with one attached hydrogen (secondary N) is 2. The second-order valence-electron chi connectivity index (χ2n) is 9.68. The molecule has 0 spiro atoms. The molecule has 2 aromatic heterocycles. The largest absolute Gasteiger partial charge is 0.489 e. The lowest BCUT2D eigenvalue weighted by atomic mass is 10.3. The maximum atomic E-state index is 14.2. The van der Waals surface area contributed by atoms with E-state index in [0.717, 1.165) is 12.3 Å². The predicted octanol–water partition coefficient (Wildman–Crippen LogP) is 6.91. The van der Waals surface area contributed by atoms with Crippen molar-refractivity contribution in [2.45, 2.75) is 44.8 Å². The highest BCUT2D eigenvalue weighted by atomic mass is 35.5. The Morgan fingerprint density at radius 3 is 2.00 bits per heavy atom. The average molecular weight is 662 g/mol. The van der Waals surface area contributed by atoms with Crippen LogP contribution in [-0.4, -0.2) is 53.9 Å². The van der Waals surface area contributed by atoms with Gasteiger partial charge in [-0.2, -0.15) is 14.4 Å². The van der Waals surface area contributed by atoms with Crippen molar-refractivity contribution in [2.24, 2.45) is 0 Å². The fourth-order valence-electron chi connectivity index (χ4n) is 3.44. The Hall–Kier alpha value is -4.81. The molecule has 0 aliphatic rings.